The Balaban J connectivity index is 3.00. The SMILES string of the molecule is N#Cc1cccc2sc(S)c(C#N)c12. The van der Waals surface area contributed by atoms with Gasteiger partial charge in [0.2, 0.25) is 0 Å². The molecule has 0 atom stereocenters. The highest BCUT2D eigenvalue weighted by molar-refractivity contribution is 7.83. The molecule has 0 amide bonds. The van der Waals surface area contributed by atoms with Crippen molar-refractivity contribution in [3.8, 4) is 12.1 Å². The maximum Gasteiger partial charge on any atom is 0.102 e. The van der Waals surface area contributed by atoms with Gasteiger partial charge in [0.05, 0.1) is 21.4 Å². The Morgan fingerprint density at radius 3 is 2.64 bits per heavy atom. The molecule has 1 aromatic heterocycles. The third-order valence-electron chi connectivity index (χ3n) is 1.93. The zero-order valence-electron chi connectivity index (χ0n) is 6.98. The number of thiol groups is 1. The van der Waals surface area contributed by atoms with Crippen molar-refractivity contribution in [3.05, 3.63) is 29.3 Å². The van der Waals surface area contributed by atoms with Crippen LogP contribution in [0.2, 0.25) is 0 Å². The molecule has 1 heterocycles. The van der Waals surface area contributed by atoms with Crippen LogP contribution in [-0.4, -0.2) is 0 Å². The van der Waals surface area contributed by atoms with Crippen molar-refractivity contribution >= 4 is 34.1 Å². The van der Waals surface area contributed by atoms with E-state index in [0.29, 0.717) is 15.3 Å². The van der Waals surface area contributed by atoms with Gasteiger partial charge in [-0.3, -0.25) is 0 Å². The van der Waals surface area contributed by atoms with E-state index in [9.17, 15) is 0 Å². The topological polar surface area (TPSA) is 47.6 Å². The summed E-state index contributed by atoms with van der Waals surface area (Å²) in [5, 5.41) is 18.5. The van der Waals surface area contributed by atoms with Crippen LogP contribution in [0.3, 0.4) is 0 Å². The number of benzene rings is 1. The Labute approximate surface area is 90.4 Å². The van der Waals surface area contributed by atoms with E-state index in [2.05, 4.69) is 24.8 Å². The van der Waals surface area contributed by atoms with Gasteiger partial charge < -0.3 is 0 Å². The van der Waals surface area contributed by atoms with Gasteiger partial charge >= 0.3 is 0 Å². The Hall–Kier alpha value is -1.49. The number of nitrogens with zero attached hydrogens (tertiary/aromatic N) is 2. The molecule has 0 N–H and O–H groups in total. The number of nitriles is 2. The molecule has 0 saturated carbocycles. The van der Waals surface area contributed by atoms with Crippen LogP contribution in [0.5, 0.6) is 0 Å². The lowest BCUT2D eigenvalue weighted by Crippen LogP contribution is -1.78. The van der Waals surface area contributed by atoms with E-state index in [4.69, 9.17) is 10.5 Å². The lowest BCUT2D eigenvalue weighted by molar-refractivity contribution is 1.47. The van der Waals surface area contributed by atoms with Gasteiger partial charge in [0.1, 0.15) is 6.07 Å². The summed E-state index contributed by atoms with van der Waals surface area (Å²) in [5.74, 6) is 0. The maximum atomic E-state index is 8.92. The van der Waals surface area contributed by atoms with Crippen LogP contribution >= 0.6 is 24.0 Å². The minimum atomic E-state index is 0.505. The van der Waals surface area contributed by atoms with Crippen molar-refractivity contribution in [1.82, 2.24) is 0 Å². The Morgan fingerprint density at radius 1 is 1.21 bits per heavy atom. The summed E-state index contributed by atoms with van der Waals surface area (Å²) in [6, 6.07) is 9.57. The predicted octanol–water partition coefficient (Wildman–Crippen LogP) is 2.93. The maximum absolute atomic E-state index is 8.92. The summed E-state index contributed by atoms with van der Waals surface area (Å²) in [4.78, 5) is 0. The molecule has 0 saturated heterocycles. The molecule has 0 fully saturated rings. The molecular formula is C10H4N2S2. The van der Waals surface area contributed by atoms with Crippen molar-refractivity contribution < 1.29 is 0 Å². The summed E-state index contributed by atoms with van der Waals surface area (Å²) >= 11 is 5.63. The van der Waals surface area contributed by atoms with Crippen molar-refractivity contribution in [1.29, 1.82) is 10.5 Å². The van der Waals surface area contributed by atoms with Crippen LogP contribution < -0.4 is 0 Å². The summed E-state index contributed by atoms with van der Waals surface area (Å²) < 4.78 is 1.61. The quantitative estimate of drug-likeness (QED) is 0.688. The third-order valence-corrected chi connectivity index (χ3v) is 3.38. The van der Waals surface area contributed by atoms with Crippen LogP contribution in [-0.2, 0) is 0 Å². The van der Waals surface area contributed by atoms with E-state index in [1.165, 1.54) is 11.3 Å². The van der Waals surface area contributed by atoms with Crippen LogP contribution in [0.1, 0.15) is 11.1 Å². The fourth-order valence-electron chi connectivity index (χ4n) is 1.33. The molecule has 2 nitrogen and oxygen atoms in total. The molecule has 4 heteroatoms. The zero-order valence-corrected chi connectivity index (χ0v) is 8.69. The molecule has 0 bridgehead atoms. The molecule has 0 spiro atoms. The fraction of sp³-hybridized carbons (Fsp3) is 0. The number of hydrogen-bond acceptors (Lipinski definition) is 4. The van der Waals surface area contributed by atoms with Gasteiger partial charge in [0.15, 0.2) is 0 Å². The van der Waals surface area contributed by atoms with Crippen molar-refractivity contribution in [2.75, 3.05) is 0 Å². The van der Waals surface area contributed by atoms with Gasteiger partial charge in [-0.2, -0.15) is 10.5 Å². The van der Waals surface area contributed by atoms with Crippen molar-refractivity contribution in [2.45, 2.75) is 4.21 Å². The van der Waals surface area contributed by atoms with Gasteiger partial charge in [-0.25, -0.2) is 0 Å². The zero-order chi connectivity index (χ0) is 10.1. The van der Waals surface area contributed by atoms with Crippen LogP contribution in [0.25, 0.3) is 10.1 Å². The van der Waals surface area contributed by atoms with E-state index in [1.807, 2.05) is 12.1 Å². The summed E-state index contributed by atoms with van der Waals surface area (Å²) in [6.07, 6.45) is 0. The average molecular weight is 216 g/mol. The lowest BCUT2D eigenvalue weighted by Gasteiger charge is -1.92. The Morgan fingerprint density at radius 2 is 2.00 bits per heavy atom. The summed E-state index contributed by atoms with van der Waals surface area (Å²) in [6.45, 7) is 0. The van der Waals surface area contributed by atoms with E-state index in [0.717, 1.165) is 10.1 Å². The van der Waals surface area contributed by atoms with Crippen molar-refractivity contribution in [3.63, 3.8) is 0 Å². The second-order valence-corrected chi connectivity index (χ2v) is 4.49. The molecule has 66 valence electrons. The van der Waals surface area contributed by atoms with Gasteiger partial charge in [-0.05, 0) is 12.1 Å². The number of thiophene rings is 1. The minimum Gasteiger partial charge on any atom is -0.192 e. The highest BCUT2D eigenvalue weighted by Gasteiger charge is 2.12. The highest BCUT2D eigenvalue weighted by Crippen LogP contribution is 2.34. The molecule has 2 rings (SSSR count). The first kappa shape index (κ1) is 9.08. The molecule has 0 aliphatic heterocycles. The molecule has 0 aliphatic carbocycles. The first-order valence-corrected chi connectivity index (χ1v) is 5.09. The highest BCUT2D eigenvalue weighted by atomic mass is 32.2. The van der Waals surface area contributed by atoms with E-state index >= 15 is 0 Å². The third kappa shape index (κ3) is 1.17. The normalized spacial score (nSPS) is 9.64. The molecule has 0 unspecified atom stereocenters. The van der Waals surface area contributed by atoms with E-state index in [1.54, 1.807) is 6.07 Å². The molecule has 1 aromatic carbocycles. The molecule has 2 aromatic rings. The van der Waals surface area contributed by atoms with Crippen LogP contribution in [0.15, 0.2) is 22.4 Å². The van der Waals surface area contributed by atoms with Gasteiger partial charge in [-0.15, -0.1) is 24.0 Å². The lowest BCUT2D eigenvalue weighted by atomic mass is 10.1. The van der Waals surface area contributed by atoms with Gasteiger partial charge in [0.25, 0.3) is 0 Å². The number of rotatable bonds is 0. The fourth-order valence-corrected chi connectivity index (χ4v) is 2.71. The standard InChI is InChI=1S/C10H4N2S2/c11-4-6-2-1-3-8-9(6)7(5-12)10(13)14-8/h1-3,13H. The Bertz CT molecular complexity index is 584. The molecule has 0 aliphatic rings. The first-order chi connectivity index (χ1) is 6.77. The van der Waals surface area contributed by atoms with Crippen molar-refractivity contribution in [2.24, 2.45) is 0 Å². The van der Waals surface area contributed by atoms with Gasteiger partial charge in [-0.1, -0.05) is 6.07 Å². The minimum absolute atomic E-state index is 0.505. The number of hydrogen-bond donors (Lipinski definition) is 1. The predicted molar refractivity (Wildman–Crippen MR) is 58.5 cm³/mol. The second kappa shape index (κ2) is 3.34. The Kier molecular flexibility index (Phi) is 2.17. The van der Waals surface area contributed by atoms with E-state index < -0.39 is 0 Å². The average Bonchev–Trinajstić information content (AvgIpc) is 2.52. The molecular weight excluding hydrogens is 212 g/mol. The van der Waals surface area contributed by atoms with Crippen LogP contribution in [0, 0.1) is 22.7 Å². The van der Waals surface area contributed by atoms with Gasteiger partial charge in [0, 0.05) is 10.1 Å². The first-order valence-electron chi connectivity index (χ1n) is 3.82. The number of fused-ring (bicyclic) bond motifs is 1. The van der Waals surface area contributed by atoms with E-state index in [-0.39, 0.29) is 0 Å². The summed E-state index contributed by atoms with van der Waals surface area (Å²) in [5.41, 5.74) is 1.04. The molecule has 0 radical (unpaired) electrons. The van der Waals surface area contributed by atoms with Crippen LogP contribution in [0.4, 0.5) is 0 Å². The summed E-state index contributed by atoms with van der Waals surface area (Å²) in [7, 11) is 0. The molecule has 14 heavy (non-hydrogen) atoms. The monoisotopic (exact) mass is 216 g/mol. The second-order valence-electron chi connectivity index (χ2n) is 2.68. The largest absolute Gasteiger partial charge is 0.192 e. The smallest absolute Gasteiger partial charge is 0.102 e.